The largest absolute Gasteiger partial charge is 0.493 e. The molecule has 3 aromatic carbocycles. The molecule has 0 saturated heterocycles. The third-order valence-electron chi connectivity index (χ3n) is 5.24. The molecule has 0 aromatic heterocycles. The number of benzene rings is 3. The first-order valence-electron chi connectivity index (χ1n) is 9.63. The van der Waals surface area contributed by atoms with E-state index in [1.165, 1.54) is 11.1 Å². The van der Waals surface area contributed by atoms with Crippen molar-refractivity contribution in [2.45, 2.75) is 13.0 Å². The van der Waals surface area contributed by atoms with Crippen molar-refractivity contribution in [3.63, 3.8) is 0 Å². The maximum absolute atomic E-state index is 12.3. The molecule has 3 aromatic rings. The number of anilines is 2. The van der Waals surface area contributed by atoms with Crippen LogP contribution >= 0.6 is 0 Å². The first-order valence-corrected chi connectivity index (χ1v) is 9.63. The number of ether oxygens (including phenoxy) is 2. The quantitative estimate of drug-likeness (QED) is 0.698. The zero-order valence-electron chi connectivity index (χ0n) is 16.6. The number of fused-ring (bicyclic) bond motifs is 1. The Balaban J connectivity index is 1.47. The van der Waals surface area contributed by atoms with Crippen molar-refractivity contribution in [2.24, 2.45) is 0 Å². The van der Waals surface area contributed by atoms with E-state index in [1.54, 1.807) is 26.4 Å². The fourth-order valence-electron chi connectivity index (χ4n) is 3.65. The summed E-state index contributed by atoms with van der Waals surface area (Å²) in [5.41, 5.74) is 5.10. The average molecular weight is 388 g/mol. The molecule has 0 bridgehead atoms. The Morgan fingerprint density at radius 3 is 2.21 bits per heavy atom. The lowest BCUT2D eigenvalue weighted by atomic mass is 9.98. The molecule has 4 rings (SSSR count). The number of hydrogen-bond acceptors (Lipinski definition) is 4. The predicted octanol–water partition coefficient (Wildman–Crippen LogP) is 4.52. The van der Waals surface area contributed by atoms with Gasteiger partial charge in [0.2, 0.25) is 0 Å². The van der Waals surface area contributed by atoms with Crippen molar-refractivity contribution >= 4 is 17.3 Å². The maximum atomic E-state index is 12.3. The highest BCUT2D eigenvalue weighted by molar-refractivity contribution is 6.04. The zero-order chi connectivity index (χ0) is 20.2. The monoisotopic (exact) mass is 388 g/mol. The molecule has 1 heterocycles. The predicted molar refractivity (Wildman–Crippen MR) is 115 cm³/mol. The number of nitrogens with one attached hydrogen (secondary N) is 1. The molecule has 1 aliphatic rings. The minimum atomic E-state index is -0.105. The van der Waals surface area contributed by atoms with E-state index < -0.39 is 0 Å². The summed E-state index contributed by atoms with van der Waals surface area (Å²) in [6.45, 7) is 1.74. The normalized spacial score (nSPS) is 12.8. The molecule has 1 N–H and O–H groups in total. The summed E-state index contributed by atoms with van der Waals surface area (Å²) in [6, 6.07) is 21.3. The van der Waals surface area contributed by atoms with Gasteiger partial charge in [0.1, 0.15) is 0 Å². The van der Waals surface area contributed by atoms with Gasteiger partial charge in [0.15, 0.2) is 11.5 Å². The van der Waals surface area contributed by atoms with E-state index in [4.69, 9.17) is 9.47 Å². The minimum Gasteiger partial charge on any atom is -0.493 e. The molecule has 1 amide bonds. The number of hydrogen-bond donors (Lipinski definition) is 1. The second-order valence-electron chi connectivity index (χ2n) is 7.01. The van der Waals surface area contributed by atoms with Gasteiger partial charge >= 0.3 is 0 Å². The molecule has 1 aliphatic heterocycles. The molecular formula is C24H24N2O3. The minimum absolute atomic E-state index is 0.105. The van der Waals surface area contributed by atoms with Crippen LogP contribution < -0.4 is 19.7 Å². The number of carbonyl (C=O) groups is 1. The number of amides is 1. The summed E-state index contributed by atoms with van der Waals surface area (Å²) >= 11 is 0. The van der Waals surface area contributed by atoms with E-state index in [2.05, 4.69) is 22.3 Å². The second-order valence-corrected chi connectivity index (χ2v) is 7.01. The molecule has 0 atom stereocenters. The van der Waals surface area contributed by atoms with Gasteiger partial charge in [-0.25, -0.2) is 0 Å². The van der Waals surface area contributed by atoms with Crippen LogP contribution in [0.5, 0.6) is 11.5 Å². The standard InChI is InChI=1S/C24H24N2O3/c1-28-22-14-18-12-13-26(16-19(18)15-23(22)29-2)21-10-8-20(9-11-21)25-24(27)17-6-4-3-5-7-17/h3-11,14-15H,12-13,16H2,1-2H3,(H,25,27). The van der Waals surface area contributed by atoms with Gasteiger partial charge in [0.25, 0.3) is 5.91 Å². The molecule has 0 aliphatic carbocycles. The lowest BCUT2D eigenvalue weighted by Crippen LogP contribution is -2.30. The number of rotatable bonds is 5. The summed E-state index contributed by atoms with van der Waals surface area (Å²) < 4.78 is 10.9. The first-order chi connectivity index (χ1) is 14.2. The molecule has 5 heteroatoms. The first kappa shape index (κ1) is 18.9. The van der Waals surface area contributed by atoms with E-state index in [0.29, 0.717) is 5.56 Å². The van der Waals surface area contributed by atoms with Crippen LogP contribution in [-0.4, -0.2) is 26.7 Å². The van der Waals surface area contributed by atoms with Crippen molar-refractivity contribution in [3.8, 4) is 11.5 Å². The average Bonchev–Trinajstić information content (AvgIpc) is 2.78. The third-order valence-corrected chi connectivity index (χ3v) is 5.24. The van der Waals surface area contributed by atoms with Crippen LogP contribution in [0.3, 0.4) is 0 Å². The molecule has 5 nitrogen and oxygen atoms in total. The van der Waals surface area contributed by atoms with E-state index in [0.717, 1.165) is 42.4 Å². The van der Waals surface area contributed by atoms with Crippen LogP contribution in [0.4, 0.5) is 11.4 Å². The Kier molecular flexibility index (Phi) is 5.38. The highest BCUT2D eigenvalue weighted by Crippen LogP contribution is 2.34. The van der Waals surface area contributed by atoms with Crippen molar-refractivity contribution in [2.75, 3.05) is 31.0 Å². The molecule has 148 valence electrons. The number of nitrogens with zero attached hydrogens (tertiary/aromatic N) is 1. The summed E-state index contributed by atoms with van der Waals surface area (Å²) in [5, 5.41) is 2.94. The van der Waals surface area contributed by atoms with Gasteiger partial charge in [-0.15, -0.1) is 0 Å². The van der Waals surface area contributed by atoms with Crippen LogP contribution in [0.2, 0.25) is 0 Å². The van der Waals surface area contributed by atoms with Gasteiger partial charge in [-0.05, 0) is 66.1 Å². The van der Waals surface area contributed by atoms with Crippen molar-refractivity contribution < 1.29 is 14.3 Å². The summed E-state index contributed by atoms with van der Waals surface area (Å²) in [6.07, 6.45) is 0.947. The number of methoxy groups -OCH3 is 2. The van der Waals surface area contributed by atoms with Crippen molar-refractivity contribution in [1.82, 2.24) is 0 Å². The van der Waals surface area contributed by atoms with E-state index in [-0.39, 0.29) is 5.91 Å². The molecular weight excluding hydrogens is 364 g/mol. The lowest BCUT2D eigenvalue weighted by Gasteiger charge is -2.31. The number of carbonyl (C=O) groups excluding carboxylic acids is 1. The fraction of sp³-hybridized carbons (Fsp3) is 0.208. The summed E-state index contributed by atoms with van der Waals surface area (Å²) in [4.78, 5) is 14.6. The van der Waals surface area contributed by atoms with E-state index in [9.17, 15) is 4.79 Å². The Morgan fingerprint density at radius 1 is 0.897 bits per heavy atom. The van der Waals surface area contributed by atoms with Gasteiger partial charge in [0, 0.05) is 30.0 Å². The highest BCUT2D eigenvalue weighted by atomic mass is 16.5. The molecule has 0 spiro atoms. The Hall–Kier alpha value is -3.47. The van der Waals surface area contributed by atoms with Crippen LogP contribution in [0.15, 0.2) is 66.7 Å². The SMILES string of the molecule is COc1cc2c(cc1OC)CN(c1ccc(NC(=O)c3ccccc3)cc1)CC2. The topological polar surface area (TPSA) is 50.8 Å². The maximum Gasteiger partial charge on any atom is 0.255 e. The Morgan fingerprint density at radius 2 is 1.55 bits per heavy atom. The molecule has 0 fully saturated rings. The smallest absolute Gasteiger partial charge is 0.255 e. The lowest BCUT2D eigenvalue weighted by molar-refractivity contribution is 0.102. The van der Waals surface area contributed by atoms with Crippen LogP contribution in [-0.2, 0) is 13.0 Å². The van der Waals surface area contributed by atoms with Gasteiger partial charge in [-0.3, -0.25) is 4.79 Å². The summed E-state index contributed by atoms with van der Waals surface area (Å²) in [5.74, 6) is 1.43. The molecule has 0 unspecified atom stereocenters. The van der Waals surface area contributed by atoms with Gasteiger partial charge in [-0.2, -0.15) is 0 Å². The van der Waals surface area contributed by atoms with E-state index in [1.807, 2.05) is 42.5 Å². The summed E-state index contributed by atoms with van der Waals surface area (Å²) in [7, 11) is 3.32. The van der Waals surface area contributed by atoms with Gasteiger partial charge < -0.3 is 19.7 Å². The Bertz CT molecular complexity index is 1000. The van der Waals surface area contributed by atoms with Gasteiger partial charge in [0.05, 0.1) is 14.2 Å². The van der Waals surface area contributed by atoms with Crippen LogP contribution in [0, 0.1) is 0 Å². The zero-order valence-corrected chi connectivity index (χ0v) is 16.6. The molecule has 29 heavy (non-hydrogen) atoms. The van der Waals surface area contributed by atoms with Crippen molar-refractivity contribution in [3.05, 3.63) is 83.4 Å². The molecule has 0 radical (unpaired) electrons. The van der Waals surface area contributed by atoms with Crippen molar-refractivity contribution in [1.29, 1.82) is 0 Å². The van der Waals surface area contributed by atoms with Gasteiger partial charge in [-0.1, -0.05) is 18.2 Å². The van der Waals surface area contributed by atoms with E-state index >= 15 is 0 Å². The third kappa shape index (κ3) is 4.04. The Labute approximate surface area is 170 Å². The second kappa shape index (κ2) is 8.27. The molecule has 0 saturated carbocycles. The fourth-order valence-corrected chi connectivity index (χ4v) is 3.65. The highest BCUT2D eigenvalue weighted by Gasteiger charge is 2.20. The van der Waals surface area contributed by atoms with Crippen LogP contribution in [0.1, 0.15) is 21.5 Å². The van der Waals surface area contributed by atoms with Crippen LogP contribution in [0.25, 0.3) is 0 Å².